The molecule has 0 saturated carbocycles. The van der Waals surface area contributed by atoms with Crippen molar-refractivity contribution < 1.29 is 24.0 Å². The minimum atomic E-state index is -0.583. The Kier molecular flexibility index (Phi) is 15.6. The van der Waals surface area contributed by atoms with E-state index >= 15 is 0 Å². The van der Waals surface area contributed by atoms with Crippen molar-refractivity contribution in [2.24, 2.45) is 5.92 Å². The number of hydrogen-bond acceptors (Lipinski definition) is 8. The van der Waals surface area contributed by atoms with Gasteiger partial charge in [0, 0.05) is 67.1 Å². The molecule has 0 bridgehead atoms. The first-order chi connectivity index (χ1) is 29.3. The van der Waals surface area contributed by atoms with Crippen LogP contribution in [0.2, 0.25) is 0 Å². The van der Waals surface area contributed by atoms with Crippen molar-refractivity contribution in [1.82, 2.24) is 30.3 Å². The van der Waals surface area contributed by atoms with Crippen molar-refractivity contribution in [3.05, 3.63) is 101 Å². The molecule has 5 amide bonds. The van der Waals surface area contributed by atoms with Crippen LogP contribution in [0.1, 0.15) is 127 Å². The number of likely N-dealkylation sites (tertiary alicyclic amines) is 2. The van der Waals surface area contributed by atoms with Gasteiger partial charge >= 0.3 is 0 Å². The van der Waals surface area contributed by atoms with E-state index in [-0.39, 0.29) is 36.0 Å². The lowest BCUT2D eigenvalue weighted by atomic mass is 9.88. The van der Waals surface area contributed by atoms with E-state index in [1.54, 1.807) is 41.2 Å². The van der Waals surface area contributed by atoms with E-state index in [2.05, 4.69) is 38.7 Å². The summed E-state index contributed by atoms with van der Waals surface area (Å²) in [6.07, 6.45) is 19.7. The summed E-state index contributed by atoms with van der Waals surface area (Å²) in [5.74, 6) is 1.48. The number of pyridine rings is 1. The molecular formula is C48H60N6O5S. The molecule has 5 heterocycles. The van der Waals surface area contributed by atoms with Crippen molar-refractivity contribution in [2.45, 2.75) is 107 Å². The van der Waals surface area contributed by atoms with Gasteiger partial charge in [-0.15, -0.1) is 11.8 Å². The van der Waals surface area contributed by atoms with Crippen molar-refractivity contribution in [3.8, 4) is 0 Å². The van der Waals surface area contributed by atoms with Gasteiger partial charge in [0.15, 0.2) is 0 Å². The van der Waals surface area contributed by atoms with E-state index in [1.165, 1.54) is 24.8 Å². The molecule has 7 rings (SSSR count). The largest absolute Gasteiger partial charge is 0.353 e. The molecule has 0 radical (unpaired) electrons. The summed E-state index contributed by atoms with van der Waals surface area (Å²) < 4.78 is 0. The SMILES string of the molecule is O=C(/C=C/c1cccnc1)NCCCCC1CCN(C(=O)c2ccc(C3CCN(CCCCCCSc4cccc5c4CN(C4CCC(=O)NC4=O)C5=O)CC3)cc2)CC1. The fourth-order valence-corrected chi connectivity index (χ4v) is 10.2. The summed E-state index contributed by atoms with van der Waals surface area (Å²) in [4.78, 5) is 74.1. The Labute approximate surface area is 359 Å². The predicted molar refractivity (Wildman–Crippen MR) is 235 cm³/mol. The number of amides is 5. The van der Waals surface area contributed by atoms with Crippen LogP contribution in [0, 0.1) is 5.92 Å². The zero-order valence-electron chi connectivity index (χ0n) is 34.8. The molecule has 0 aliphatic carbocycles. The van der Waals surface area contributed by atoms with Gasteiger partial charge in [0.25, 0.3) is 11.8 Å². The second-order valence-electron chi connectivity index (χ2n) is 16.8. The maximum Gasteiger partial charge on any atom is 0.255 e. The fraction of sp³-hybridized carbons (Fsp3) is 0.500. The highest BCUT2D eigenvalue weighted by Gasteiger charge is 2.40. The molecule has 60 heavy (non-hydrogen) atoms. The lowest BCUT2D eigenvalue weighted by Gasteiger charge is -2.33. The molecule has 12 heteroatoms. The lowest BCUT2D eigenvalue weighted by molar-refractivity contribution is -0.137. The van der Waals surface area contributed by atoms with Crippen molar-refractivity contribution >= 4 is 47.4 Å². The number of benzene rings is 2. The maximum absolute atomic E-state index is 13.4. The van der Waals surface area contributed by atoms with E-state index in [4.69, 9.17) is 0 Å². The van der Waals surface area contributed by atoms with E-state index in [0.29, 0.717) is 36.9 Å². The number of unbranched alkanes of at least 4 members (excludes halogenated alkanes) is 4. The Bertz CT molecular complexity index is 1970. The zero-order valence-corrected chi connectivity index (χ0v) is 35.6. The highest BCUT2D eigenvalue weighted by atomic mass is 32.2. The predicted octanol–water partition coefficient (Wildman–Crippen LogP) is 7.23. The Morgan fingerprint density at radius 1 is 0.850 bits per heavy atom. The third-order valence-electron chi connectivity index (χ3n) is 12.7. The van der Waals surface area contributed by atoms with Crippen LogP contribution in [0.5, 0.6) is 0 Å². The molecule has 11 nitrogen and oxygen atoms in total. The normalized spacial score (nSPS) is 19.2. The number of fused-ring (bicyclic) bond motifs is 1. The molecule has 3 fully saturated rings. The quantitative estimate of drug-likeness (QED) is 0.0595. The second-order valence-corrected chi connectivity index (χ2v) is 18.0. The molecule has 2 aromatic carbocycles. The molecular weight excluding hydrogens is 773 g/mol. The number of carbonyl (C=O) groups excluding carboxylic acids is 5. The average Bonchev–Trinajstić information content (AvgIpc) is 3.61. The molecule has 2 N–H and O–H groups in total. The van der Waals surface area contributed by atoms with Gasteiger partial charge < -0.3 is 20.0 Å². The Hall–Kier alpha value is -4.81. The molecule has 4 aliphatic heterocycles. The summed E-state index contributed by atoms with van der Waals surface area (Å²) in [5, 5.41) is 5.35. The molecule has 0 spiro atoms. The third-order valence-corrected chi connectivity index (χ3v) is 13.9. The van der Waals surface area contributed by atoms with Gasteiger partial charge in [-0.25, -0.2) is 0 Å². The van der Waals surface area contributed by atoms with E-state index in [1.807, 2.05) is 41.3 Å². The highest BCUT2D eigenvalue weighted by Crippen LogP contribution is 2.35. The number of aromatic nitrogens is 1. The average molecular weight is 833 g/mol. The maximum atomic E-state index is 13.4. The summed E-state index contributed by atoms with van der Waals surface area (Å²) >= 11 is 1.80. The fourth-order valence-electron chi connectivity index (χ4n) is 9.14. The first-order valence-corrected chi connectivity index (χ1v) is 23.2. The molecule has 3 saturated heterocycles. The van der Waals surface area contributed by atoms with Crippen LogP contribution in [-0.4, -0.2) is 100 Å². The third kappa shape index (κ3) is 11.7. The molecule has 1 unspecified atom stereocenters. The van der Waals surface area contributed by atoms with Crippen LogP contribution in [0.15, 0.2) is 78.0 Å². The van der Waals surface area contributed by atoms with Crippen LogP contribution in [0.3, 0.4) is 0 Å². The number of piperidine rings is 3. The Balaban J connectivity index is 0.723. The smallest absolute Gasteiger partial charge is 0.255 e. The Morgan fingerprint density at radius 3 is 2.42 bits per heavy atom. The second kappa shape index (κ2) is 21.6. The number of nitrogens with one attached hydrogen (secondary N) is 2. The highest BCUT2D eigenvalue weighted by molar-refractivity contribution is 7.99. The summed E-state index contributed by atoms with van der Waals surface area (Å²) in [6, 6.07) is 17.5. The standard InChI is InChI=1S/C48H60N6O5S/c55-44(19-13-36-10-8-25-49-33-36)50-26-4-3-9-35-21-30-53(31-22-35)47(58)39-16-14-37(15-17-39)38-23-28-52(29-24-38)27-5-1-2-6-32-60-43-12-7-11-40-41(43)34-54(48(40)59)42-18-20-45(56)51-46(42)57/h7-8,10-17,19,25,33,35,38,42H,1-6,9,18,20-24,26-32,34H2,(H,50,55)(H,51,56,57)/b19-13+. The summed E-state index contributed by atoms with van der Waals surface area (Å²) in [7, 11) is 0. The Morgan fingerprint density at radius 2 is 1.65 bits per heavy atom. The number of hydrogen-bond donors (Lipinski definition) is 2. The van der Waals surface area contributed by atoms with Crippen LogP contribution in [0.4, 0.5) is 0 Å². The zero-order chi connectivity index (χ0) is 41.7. The van der Waals surface area contributed by atoms with Crippen molar-refractivity contribution in [2.75, 3.05) is 45.0 Å². The van der Waals surface area contributed by atoms with E-state index < -0.39 is 6.04 Å². The lowest BCUT2D eigenvalue weighted by Crippen LogP contribution is -2.52. The minimum Gasteiger partial charge on any atom is -0.353 e. The molecule has 318 valence electrons. The van der Waals surface area contributed by atoms with Crippen molar-refractivity contribution in [3.63, 3.8) is 0 Å². The van der Waals surface area contributed by atoms with Gasteiger partial charge in [0.2, 0.25) is 17.7 Å². The van der Waals surface area contributed by atoms with Gasteiger partial charge in [-0.3, -0.25) is 34.3 Å². The van der Waals surface area contributed by atoms with E-state index in [0.717, 1.165) is 111 Å². The van der Waals surface area contributed by atoms with Crippen LogP contribution < -0.4 is 10.6 Å². The monoisotopic (exact) mass is 832 g/mol. The number of thioether (sulfide) groups is 1. The number of carbonyl (C=O) groups is 5. The van der Waals surface area contributed by atoms with Gasteiger partial charge in [-0.2, -0.15) is 0 Å². The van der Waals surface area contributed by atoms with Crippen molar-refractivity contribution in [1.29, 1.82) is 0 Å². The first kappa shape index (κ1) is 43.3. The topological polar surface area (TPSA) is 132 Å². The van der Waals surface area contributed by atoms with Gasteiger partial charge in [-0.05, 0) is 142 Å². The summed E-state index contributed by atoms with van der Waals surface area (Å²) in [6.45, 7) is 6.08. The minimum absolute atomic E-state index is 0.0784. The number of rotatable bonds is 18. The first-order valence-electron chi connectivity index (χ1n) is 22.2. The van der Waals surface area contributed by atoms with Crippen LogP contribution in [0.25, 0.3) is 6.08 Å². The molecule has 1 atom stereocenters. The summed E-state index contributed by atoms with van der Waals surface area (Å²) in [5.41, 5.74) is 4.73. The van der Waals surface area contributed by atoms with Gasteiger partial charge in [-0.1, -0.05) is 49.9 Å². The number of nitrogens with zero attached hydrogens (tertiary/aromatic N) is 4. The molecule has 4 aliphatic rings. The van der Waals surface area contributed by atoms with Gasteiger partial charge in [0.1, 0.15) is 6.04 Å². The van der Waals surface area contributed by atoms with Crippen LogP contribution in [-0.2, 0) is 20.9 Å². The van der Waals surface area contributed by atoms with Gasteiger partial charge in [0.05, 0.1) is 0 Å². The van der Waals surface area contributed by atoms with E-state index in [9.17, 15) is 24.0 Å². The van der Waals surface area contributed by atoms with Crippen LogP contribution >= 0.6 is 11.8 Å². The number of imide groups is 1. The molecule has 3 aromatic rings. The molecule has 1 aromatic heterocycles.